The second-order valence-corrected chi connectivity index (χ2v) is 6.67. The van der Waals surface area contributed by atoms with Crippen LogP contribution in [-0.2, 0) is 13.0 Å². The summed E-state index contributed by atoms with van der Waals surface area (Å²) in [5.74, 6) is 1.62. The van der Waals surface area contributed by atoms with Crippen LogP contribution in [-0.4, -0.2) is 21.9 Å². The molecule has 0 aliphatic carbocycles. The number of nitrogens with zero attached hydrogens (tertiary/aromatic N) is 3. The van der Waals surface area contributed by atoms with Gasteiger partial charge in [-0.15, -0.1) is 10.2 Å². The smallest absolute Gasteiger partial charge is 0.122 e. The first kappa shape index (κ1) is 17.5. The SMILES string of the molecule is CCCCC(CCc1c(OC)ccc2ccccc12)Cn1cnnc1. The lowest BCUT2D eigenvalue weighted by molar-refractivity contribution is 0.371. The summed E-state index contributed by atoms with van der Waals surface area (Å²) < 4.78 is 7.75. The zero-order valence-corrected chi connectivity index (χ0v) is 15.2. The zero-order chi connectivity index (χ0) is 17.5. The number of hydrogen-bond donors (Lipinski definition) is 0. The first-order chi connectivity index (χ1) is 12.3. The normalized spacial score (nSPS) is 12.4. The van der Waals surface area contributed by atoms with E-state index in [9.17, 15) is 0 Å². The van der Waals surface area contributed by atoms with Gasteiger partial charge in [-0.3, -0.25) is 0 Å². The van der Waals surface area contributed by atoms with Crippen molar-refractivity contribution in [3.05, 3.63) is 54.6 Å². The van der Waals surface area contributed by atoms with Gasteiger partial charge in [0, 0.05) is 12.1 Å². The minimum atomic E-state index is 0.625. The largest absolute Gasteiger partial charge is 0.496 e. The van der Waals surface area contributed by atoms with Gasteiger partial charge in [0.2, 0.25) is 0 Å². The lowest BCUT2D eigenvalue weighted by Gasteiger charge is -2.19. The summed E-state index contributed by atoms with van der Waals surface area (Å²) in [7, 11) is 1.76. The highest BCUT2D eigenvalue weighted by Gasteiger charge is 2.14. The Bertz CT molecular complexity index is 783. The lowest BCUT2D eigenvalue weighted by atomic mass is 9.92. The third-order valence-electron chi connectivity index (χ3n) is 4.92. The first-order valence-corrected chi connectivity index (χ1v) is 9.18. The van der Waals surface area contributed by atoms with Gasteiger partial charge in [0.25, 0.3) is 0 Å². The maximum absolute atomic E-state index is 5.65. The molecule has 0 amide bonds. The number of aryl methyl sites for hydroxylation is 1. The molecule has 0 spiro atoms. The molecule has 1 aromatic heterocycles. The molecule has 2 aromatic carbocycles. The monoisotopic (exact) mass is 337 g/mol. The van der Waals surface area contributed by atoms with Gasteiger partial charge in [0.1, 0.15) is 18.4 Å². The Morgan fingerprint density at radius 2 is 1.84 bits per heavy atom. The predicted octanol–water partition coefficient (Wildman–Crippen LogP) is 4.88. The van der Waals surface area contributed by atoms with Crippen molar-refractivity contribution in [2.45, 2.75) is 45.6 Å². The minimum Gasteiger partial charge on any atom is -0.496 e. The number of fused-ring (bicyclic) bond motifs is 1. The van der Waals surface area contributed by atoms with Crippen molar-refractivity contribution in [2.75, 3.05) is 7.11 Å². The van der Waals surface area contributed by atoms with Crippen LogP contribution in [0, 0.1) is 5.92 Å². The average Bonchev–Trinajstić information content (AvgIpc) is 3.16. The number of methoxy groups -OCH3 is 1. The molecule has 0 bridgehead atoms. The molecule has 0 saturated carbocycles. The van der Waals surface area contributed by atoms with Gasteiger partial charge in [-0.1, -0.05) is 50.1 Å². The van der Waals surface area contributed by atoms with E-state index < -0.39 is 0 Å². The van der Waals surface area contributed by atoms with E-state index in [1.807, 2.05) is 12.7 Å². The molecule has 4 heteroatoms. The standard InChI is InChI=1S/C21H27N3O/c1-3-4-7-17(14-24-15-22-23-16-24)10-12-20-19-9-6-5-8-18(19)11-13-21(20)25-2/h5-6,8-9,11,13,15-17H,3-4,7,10,12,14H2,1-2H3. The quantitative estimate of drug-likeness (QED) is 0.559. The fourth-order valence-electron chi connectivity index (χ4n) is 3.55. The molecule has 1 heterocycles. The lowest BCUT2D eigenvalue weighted by Crippen LogP contribution is -2.11. The number of unbranched alkanes of at least 4 members (excludes halogenated alkanes) is 1. The molecule has 1 atom stereocenters. The number of hydrogen-bond acceptors (Lipinski definition) is 3. The highest BCUT2D eigenvalue weighted by molar-refractivity contribution is 5.87. The Morgan fingerprint density at radius 3 is 2.60 bits per heavy atom. The minimum absolute atomic E-state index is 0.625. The van der Waals surface area contributed by atoms with E-state index in [0.29, 0.717) is 5.92 Å². The van der Waals surface area contributed by atoms with Gasteiger partial charge < -0.3 is 9.30 Å². The van der Waals surface area contributed by atoms with Gasteiger partial charge in [-0.05, 0) is 42.0 Å². The van der Waals surface area contributed by atoms with Crippen LogP contribution >= 0.6 is 0 Å². The molecule has 0 aliphatic heterocycles. The molecule has 0 fully saturated rings. The zero-order valence-electron chi connectivity index (χ0n) is 15.2. The number of aromatic nitrogens is 3. The van der Waals surface area contributed by atoms with E-state index in [0.717, 1.165) is 25.1 Å². The van der Waals surface area contributed by atoms with Crippen LogP contribution in [0.25, 0.3) is 10.8 Å². The number of rotatable bonds is 9. The molecule has 0 saturated heterocycles. The Kier molecular flexibility index (Phi) is 6.04. The second-order valence-electron chi connectivity index (χ2n) is 6.67. The maximum atomic E-state index is 5.65. The number of benzene rings is 2. The molecule has 132 valence electrons. The van der Waals surface area contributed by atoms with Crippen molar-refractivity contribution >= 4 is 10.8 Å². The molecular weight excluding hydrogens is 310 g/mol. The molecule has 25 heavy (non-hydrogen) atoms. The van der Waals surface area contributed by atoms with Gasteiger partial charge in [0.15, 0.2) is 0 Å². The Hall–Kier alpha value is -2.36. The van der Waals surface area contributed by atoms with E-state index in [1.165, 1.54) is 35.6 Å². The predicted molar refractivity (Wildman–Crippen MR) is 102 cm³/mol. The van der Waals surface area contributed by atoms with Gasteiger partial charge >= 0.3 is 0 Å². The third kappa shape index (κ3) is 4.38. The third-order valence-corrected chi connectivity index (χ3v) is 4.92. The van der Waals surface area contributed by atoms with E-state index in [4.69, 9.17) is 4.74 Å². The van der Waals surface area contributed by atoms with Crippen molar-refractivity contribution in [1.29, 1.82) is 0 Å². The average molecular weight is 337 g/mol. The summed E-state index contributed by atoms with van der Waals surface area (Å²) in [6.45, 7) is 3.24. The van der Waals surface area contributed by atoms with Crippen LogP contribution in [0.2, 0.25) is 0 Å². The van der Waals surface area contributed by atoms with Crippen molar-refractivity contribution in [1.82, 2.24) is 14.8 Å². The fraction of sp³-hybridized carbons (Fsp3) is 0.429. The molecule has 4 nitrogen and oxygen atoms in total. The highest BCUT2D eigenvalue weighted by atomic mass is 16.5. The van der Waals surface area contributed by atoms with Crippen molar-refractivity contribution in [3.8, 4) is 5.75 Å². The molecule has 3 aromatic rings. The van der Waals surface area contributed by atoms with Crippen LogP contribution in [0.3, 0.4) is 0 Å². The molecule has 0 N–H and O–H groups in total. The van der Waals surface area contributed by atoms with Crippen molar-refractivity contribution < 1.29 is 4.74 Å². The first-order valence-electron chi connectivity index (χ1n) is 9.18. The molecule has 0 aliphatic rings. The summed E-state index contributed by atoms with van der Waals surface area (Å²) in [4.78, 5) is 0. The molecule has 0 radical (unpaired) electrons. The van der Waals surface area contributed by atoms with Crippen molar-refractivity contribution in [3.63, 3.8) is 0 Å². The van der Waals surface area contributed by atoms with E-state index >= 15 is 0 Å². The topological polar surface area (TPSA) is 39.9 Å². The second kappa shape index (κ2) is 8.65. The summed E-state index contributed by atoms with van der Waals surface area (Å²) in [6.07, 6.45) is 9.54. The van der Waals surface area contributed by atoms with E-state index in [1.54, 1.807) is 7.11 Å². The Balaban J connectivity index is 1.78. The molecule has 1 unspecified atom stereocenters. The van der Waals surface area contributed by atoms with Crippen LogP contribution in [0.1, 0.15) is 38.2 Å². The van der Waals surface area contributed by atoms with Crippen LogP contribution < -0.4 is 4.74 Å². The van der Waals surface area contributed by atoms with Gasteiger partial charge in [0.05, 0.1) is 7.11 Å². The van der Waals surface area contributed by atoms with Crippen molar-refractivity contribution in [2.24, 2.45) is 5.92 Å². The summed E-state index contributed by atoms with van der Waals surface area (Å²) in [6, 6.07) is 12.8. The Morgan fingerprint density at radius 1 is 1.04 bits per heavy atom. The maximum Gasteiger partial charge on any atom is 0.122 e. The van der Waals surface area contributed by atoms with E-state index in [2.05, 4.69) is 58.1 Å². The number of ether oxygens (including phenoxy) is 1. The van der Waals surface area contributed by atoms with Gasteiger partial charge in [-0.2, -0.15) is 0 Å². The molecule has 3 rings (SSSR count). The summed E-state index contributed by atoms with van der Waals surface area (Å²) in [5.41, 5.74) is 1.32. The van der Waals surface area contributed by atoms with Crippen LogP contribution in [0.15, 0.2) is 49.1 Å². The summed E-state index contributed by atoms with van der Waals surface area (Å²) >= 11 is 0. The Labute approximate surface area is 149 Å². The van der Waals surface area contributed by atoms with Crippen LogP contribution in [0.5, 0.6) is 5.75 Å². The molecular formula is C21H27N3O. The van der Waals surface area contributed by atoms with Gasteiger partial charge in [-0.25, -0.2) is 0 Å². The fourth-order valence-corrected chi connectivity index (χ4v) is 3.55. The summed E-state index contributed by atoms with van der Waals surface area (Å²) in [5, 5.41) is 10.5. The van der Waals surface area contributed by atoms with Crippen LogP contribution in [0.4, 0.5) is 0 Å². The highest BCUT2D eigenvalue weighted by Crippen LogP contribution is 2.30. The van der Waals surface area contributed by atoms with E-state index in [-0.39, 0.29) is 0 Å².